The Kier molecular flexibility index (Phi) is 7.13. The fourth-order valence-corrected chi connectivity index (χ4v) is 2.92. The lowest BCUT2D eigenvalue weighted by Gasteiger charge is -2.24. The van der Waals surface area contributed by atoms with E-state index in [1.807, 2.05) is 0 Å². The number of carbonyl (C=O) groups excluding carboxylic acids is 2. The van der Waals surface area contributed by atoms with Crippen LogP contribution in [0.1, 0.15) is 44.6 Å². The molecule has 1 amide bonds. The van der Waals surface area contributed by atoms with Gasteiger partial charge in [-0.05, 0) is 43.5 Å². The maximum absolute atomic E-state index is 12.1. The van der Waals surface area contributed by atoms with E-state index >= 15 is 0 Å². The van der Waals surface area contributed by atoms with Crippen molar-refractivity contribution in [3.05, 3.63) is 39.9 Å². The molecule has 0 bridgehead atoms. The van der Waals surface area contributed by atoms with Crippen LogP contribution in [0, 0.1) is 0 Å². The van der Waals surface area contributed by atoms with E-state index in [-0.39, 0.29) is 11.9 Å². The van der Waals surface area contributed by atoms with Crippen LogP contribution in [0.2, 0.25) is 10.0 Å². The van der Waals surface area contributed by atoms with Gasteiger partial charge in [0.25, 0.3) is 5.91 Å². The van der Waals surface area contributed by atoms with Crippen molar-refractivity contribution in [3.8, 4) is 0 Å². The summed E-state index contributed by atoms with van der Waals surface area (Å²) in [5.74, 6) is -0.828. The molecule has 2 rings (SSSR count). The third-order valence-corrected chi connectivity index (χ3v) is 4.71. The van der Waals surface area contributed by atoms with Gasteiger partial charge in [-0.2, -0.15) is 0 Å². The summed E-state index contributed by atoms with van der Waals surface area (Å²) in [7, 11) is 0. The Hall–Kier alpha value is -1.52. The van der Waals surface area contributed by atoms with Crippen molar-refractivity contribution in [1.29, 1.82) is 0 Å². The molecule has 1 fully saturated rings. The van der Waals surface area contributed by atoms with E-state index in [1.54, 1.807) is 31.2 Å². The SMILES string of the molecule is CC(OC(=O)/C=C/c1ccc(Cl)c(Cl)c1)C(=O)NC1CCCCC1. The minimum absolute atomic E-state index is 0.194. The molecule has 1 aromatic carbocycles. The second-order valence-electron chi connectivity index (χ2n) is 5.93. The summed E-state index contributed by atoms with van der Waals surface area (Å²) in [4.78, 5) is 23.9. The molecule has 1 aromatic rings. The molecule has 0 heterocycles. The first kappa shape index (κ1) is 18.8. The molecule has 0 radical (unpaired) electrons. The maximum atomic E-state index is 12.1. The fourth-order valence-electron chi connectivity index (χ4n) is 2.61. The first-order valence-electron chi connectivity index (χ1n) is 8.10. The summed E-state index contributed by atoms with van der Waals surface area (Å²) < 4.78 is 5.13. The summed E-state index contributed by atoms with van der Waals surface area (Å²) in [5, 5.41) is 3.80. The second-order valence-corrected chi connectivity index (χ2v) is 6.74. The molecule has 1 aliphatic carbocycles. The fraction of sp³-hybridized carbons (Fsp3) is 0.444. The van der Waals surface area contributed by atoms with Crippen molar-refractivity contribution < 1.29 is 14.3 Å². The van der Waals surface area contributed by atoms with Crippen molar-refractivity contribution in [2.24, 2.45) is 0 Å². The minimum Gasteiger partial charge on any atom is -0.449 e. The largest absolute Gasteiger partial charge is 0.449 e. The molecule has 1 aliphatic rings. The van der Waals surface area contributed by atoms with Crippen LogP contribution in [-0.4, -0.2) is 24.0 Å². The Labute approximate surface area is 152 Å². The molecule has 1 N–H and O–H groups in total. The van der Waals surface area contributed by atoms with Crippen LogP contribution in [0.15, 0.2) is 24.3 Å². The van der Waals surface area contributed by atoms with Crippen LogP contribution in [0.25, 0.3) is 6.08 Å². The quantitative estimate of drug-likeness (QED) is 0.618. The van der Waals surface area contributed by atoms with E-state index in [0.29, 0.717) is 10.0 Å². The Morgan fingerprint density at radius 3 is 2.58 bits per heavy atom. The van der Waals surface area contributed by atoms with Gasteiger partial charge in [0.15, 0.2) is 6.10 Å². The van der Waals surface area contributed by atoms with Gasteiger partial charge in [-0.15, -0.1) is 0 Å². The average Bonchev–Trinajstić information content (AvgIpc) is 2.56. The van der Waals surface area contributed by atoms with Crippen LogP contribution in [-0.2, 0) is 14.3 Å². The van der Waals surface area contributed by atoms with Gasteiger partial charge in [-0.25, -0.2) is 4.79 Å². The normalized spacial score (nSPS) is 16.8. The van der Waals surface area contributed by atoms with Crippen molar-refractivity contribution in [1.82, 2.24) is 5.32 Å². The van der Waals surface area contributed by atoms with Gasteiger partial charge < -0.3 is 10.1 Å². The standard InChI is InChI=1S/C18H21Cl2NO3/c1-12(18(23)21-14-5-3-2-4-6-14)24-17(22)10-8-13-7-9-15(19)16(20)11-13/h7-12,14H,2-6H2,1H3,(H,21,23)/b10-8+. The maximum Gasteiger partial charge on any atom is 0.331 e. The molecule has 6 heteroatoms. The van der Waals surface area contributed by atoms with E-state index in [0.717, 1.165) is 31.2 Å². The zero-order chi connectivity index (χ0) is 17.5. The Morgan fingerprint density at radius 2 is 1.92 bits per heavy atom. The molecule has 4 nitrogen and oxygen atoms in total. The minimum atomic E-state index is -0.821. The Morgan fingerprint density at radius 1 is 1.21 bits per heavy atom. The van der Waals surface area contributed by atoms with Gasteiger partial charge in [0.1, 0.15) is 0 Å². The molecule has 0 aromatic heterocycles. The van der Waals surface area contributed by atoms with Gasteiger partial charge in [-0.3, -0.25) is 4.79 Å². The van der Waals surface area contributed by atoms with Crippen LogP contribution >= 0.6 is 23.2 Å². The third-order valence-electron chi connectivity index (χ3n) is 3.97. The topological polar surface area (TPSA) is 55.4 Å². The zero-order valence-electron chi connectivity index (χ0n) is 13.6. The third kappa shape index (κ3) is 5.84. The van der Waals surface area contributed by atoms with Crippen molar-refractivity contribution in [3.63, 3.8) is 0 Å². The first-order chi connectivity index (χ1) is 11.5. The van der Waals surface area contributed by atoms with Crippen LogP contribution < -0.4 is 5.32 Å². The first-order valence-corrected chi connectivity index (χ1v) is 8.85. The van der Waals surface area contributed by atoms with E-state index in [1.165, 1.54) is 12.5 Å². The van der Waals surface area contributed by atoms with Gasteiger partial charge in [0.05, 0.1) is 10.0 Å². The van der Waals surface area contributed by atoms with E-state index < -0.39 is 12.1 Å². The predicted molar refractivity (Wildman–Crippen MR) is 96.1 cm³/mol. The number of amides is 1. The number of hydrogen-bond acceptors (Lipinski definition) is 3. The monoisotopic (exact) mass is 369 g/mol. The molecule has 24 heavy (non-hydrogen) atoms. The molecule has 1 atom stereocenters. The molecular formula is C18H21Cl2NO3. The van der Waals surface area contributed by atoms with E-state index in [9.17, 15) is 9.59 Å². The number of carbonyl (C=O) groups is 2. The van der Waals surface area contributed by atoms with Crippen LogP contribution in [0.5, 0.6) is 0 Å². The molecule has 1 saturated carbocycles. The predicted octanol–water partition coefficient (Wildman–Crippen LogP) is 4.39. The number of halogens is 2. The van der Waals surface area contributed by atoms with E-state index in [2.05, 4.69) is 5.32 Å². The molecule has 0 saturated heterocycles. The van der Waals surface area contributed by atoms with Gasteiger partial charge in [0.2, 0.25) is 0 Å². The summed E-state index contributed by atoms with van der Waals surface area (Å²) in [6.07, 6.45) is 7.47. The van der Waals surface area contributed by atoms with E-state index in [4.69, 9.17) is 27.9 Å². The second kappa shape index (κ2) is 9.09. The van der Waals surface area contributed by atoms with Crippen molar-refractivity contribution in [2.45, 2.75) is 51.2 Å². The average molecular weight is 370 g/mol. The highest BCUT2D eigenvalue weighted by Gasteiger charge is 2.21. The Bertz CT molecular complexity index is 625. The highest BCUT2D eigenvalue weighted by atomic mass is 35.5. The lowest BCUT2D eigenvalue weighted by molar-refractivity contribution is -0.150. The van der Waals surface area contributed by atoms with Gasteiger partial charge >= 0.3 is 5.97 Å². The smallest absolute Gasteiger partial charge is 0.331 e. The number of esters is 1. The molecule has 0 aliphatic heterocycles. The van der Waals surface area contributed by atoms with Gasteiger partial charge in [0, 0.05) is 12.1 Å². The highest BCUT2D eigenvalue weighted by molar-refractivity contribution is 6.42. The summed E-state index contributed by atoms with van der Waals surface area (Å²) in [6.45, 7) is 1.57. The lowest BCUT2D eigenvalue weighted by atomic mass is 9.95. The number of benzene rings is 1. The molecule has 1 unspecified atom stereocenters. The lowest BCUT2D eigenvalue weighted by Crippen LogP contribution is -2.42. The molecular weight excluding hydrogens is 349 g/mol. The van der Waals surface area contributed by atoms with Crippen molar-refractivity contribution >= 4 is 41.2 Å². The zero-order valence-corrected chi connectivity index (χ0v) is 15.1. The van der Waals surface area contributed by atoms with Gasteiger partial charge in [-0.1, -0.05) is 48.5 Å². The molecule has 0 spiro atoms. The Balaban J connectivity index is 1.82. The number of nitrogens with one attached hydrogen (secondary N) is 1. The number of rotatable bonds is 5. The summed E-state index contributed by atoms with van der Waals surface area (Å²) in [6, 6.07) is 5.22. The number of ether oxygens (including phenoxy) is 1. The van der Waals surface area contributed by atoms with Crippen LogP contribution in [0.4, 0.5) is 0 Å². The number of hydrogen-bond donors (Lipinski definition) is 1. The molecule has 130 valence electrons. The van der Waals surface area contributed by atoms with Crippen molar-refractivity contribution in [2.75, 3.05) is 0 Å². The highest BCUT2D eigenvalue weighted by Crippen LogP contribution is 2.23. The van der Waals surface area contributed by atoms with Crippen LogP contribution in [0.3, 0.4) is 0 Å². The summed E-state index contributed by atoms with van der Waals surface area (Å²) in [5.41, 5.74) is 0.723. The summed E-state index contributed by atoms with van der Waals surface area (Å²) >= 11 is 11.7.